The molecule has 0 saturated carbocycles. The molecule has 1 aliphatic rings. The Morgan fingerprint density at radius 3 is 2.52 bits per heavy atom. The lowest BCUT2D eigenvalue weighted by molar-refractivity contribution is 0.292. The van der Waals surface area contributed by atoms with Crippen LogP contribution in [-0.4, -0.2) is 21.2 Å². The minimum absolute atomic E-state index is 0.225. The van der Waals surface area contributed by atoms with Gasteiger partial charge >= 0.3 is 0 Å². The molecule has 4 nitrogen and oxygen atoms in total. The largest absolute Gasteiger partial charge is 0.472 e. The van der Waals surface area contributed by atoms with Gasteiger partial charge in [0, 0.05) is 28.5 Å². The number of halogens is 1. The molecule has 3 aromatic carbocycles. The van der Waals surface area contributed by atoms with E-state index in [0.29, 0.717) is 29.6 Å². The van der Waals surface area contributed by atoms with E-state index in [4.69, 9.17) is 19.7 Å². The van der Waals surface area contributed by atoms with Gasteiger partial charge in [-0.25, -0.2) is 9.37 Å². The normalized spacial score (nSPS) is 11.9. The number of benzene rings is 3. The van der Waals surface area contributed by atoms with Crippen molar-refractivity contribution >= 4 is 34.2 Å². The van der Waals surface area contributed by atoms with Crippen LogP contribution in [0.1, 0.15) is 40.4 Å². The molecule has 1 aliphatic carbocycles. The summed E-state index contributed by atoms with van der Waals surface area (Å²) in [6.45, 7) is 13.0. The Balaban J connectivity index is 1.62. The Hall–Kier alpha value is -4.29. The predicted octanol–water partition coefficient (Wildman–Crippen LogP) is 8.69. The van der Waals surface area contributed by atoms with E-state index in [1.54, 1.807) is 12.3 Å². The van der Waals surface area contributed by atoms with Crippen LogP contribution in [0.5, 0.6) is 5.88 Å². The monoisotopic (exact) mass is 545 g/mol. The Bertz CT molecular complexity index is 1830. The van der Waals surface area contributed by atoms with Crippen LogP contribution in [0.15, 0.2) is 79.1 Å². The van der Waals surface area contributed by atoms with Gasteiger partial charge in [-0.15, -0.1) is 0 Å². The molecule has 0 spiro atoms. The van der Waals surface area contributed by atoms with Crippen molar-refractivity contribution in [1.82, 2.24) is 15.0 Å². The van der Waals surface area contributed by atoms with Crippen LogP contribution >= 0.6 is 11.8 Å². The number of thioether (sulfide) groups is 1. The average Bonchev–Trinajstić information content (AvgIpc) is 3.27. The molecule has 40 heavy (non-hydrogen) atoms. The molecule has 0 bridgehead atoms. The highest BCUT2D eigenvalue weighted by atomic mass is 32.2. The van der Waals surface area contributed by atoms with Crippen molar-refractivity contribution in [3.8, 4) is 28.3 Å². The number of fused-ring (bicyclic) bond motifs is 4. The Morgan fingerprint density at radius 2 is 1.80 bits per heavy atom. The van der Waals surface area contributed by atoms with Gasteiger partial charge in [0.05, 0.1) is 17.0 Å². The molecule has 0 unspecified atom stereocenters. The fourth-order valence-electron chi connectivity index (χ4n) is 5.64. The first kappa shape index (κ1) is 26.0. The molecule has 5 aromatic rings. The molecular weight excluding hydrogens is 517 g/mol. The lowest BCUT2D eigenvalue weighted by atomic mass is 9.86. The summed E-state index contributed by atoms with van der Waals surface area (Å²) in [5, 5.41) is 2.42. The van der Waals surface area contributed by atoms with E-state index >= 15 is 4.39 Å². The zero-order chi connectivity index (χ0) is 28.0. The standard InChI is InChI=1S/C34H28FN3OS/c1-6-23-19(3)17-22-13-14-26(35)24(7-2)28(22)29(23)32-27-20(4)31-30(25(27)15-16-36-32)33(38-34(37-31)40-5)39-18-21-11-9-8-10-12-21/h6,8-17H,1,4,7,18H2,2-3,5H3. The van der Waals surface area contributed by atoms with Crippen molar-refractivity contribution in [2.75, 3.05) is 6.26 Å². The van der Waals surface area contributed by atoms with Gasteiger partial charge in [-0.05, 0) is 64.8 Å². The van der Waals surface area contributed by atoms with E-state index in [1.807, 2.05) is 68.6 Å². The Morgan fingerprint density at radius 1 is 1.00 bits per heavy atom. The molecule has 2 heterocycles. The molecule has 0 aliphatic heterocycles. The zero-order valence-corrected chi connectivity index (χ0v) is 23.5. The number of aryl methyl sites for hydroxylation is 2. The maximum absolute atomic E-state index is 15.2. The minimum atomic E-state index is -0.225. The fraction of sp³-hybridized carbons (Fsp3) is 0.147. The highest BCUT2D eigenvalue weighted by molar-refractivity contribution is 7.98. The van der Waals surface area contributed by atoms with Crippen LogP contribution in [0.4, 0.5) is 4.39 Å². The molecular formula is C34H28FN3OS. The number of nitrogens with zero attached hydrogens (tertiary/aromatic N) is 3. The molecule has 0 fully saturated rings. The quantitative estimate of drug-likeness (QED) is 0.148. The van der Waals surface area contributed by atoms with Gasteiger partial charge in [-0.2, -0.15) is 4.98 Å². The smallest absolute Gasteiger partial charge is 0.226 e. The first-order chi connectivity index (χ1) is 19.5. The molecule has 0 atom stereocenters. The Kier molecular flexibility index (Phi) is 6.72. The van der Waals surface area contributed by atoms with Gasteiger partial charge in [0.15, 0.2) is 5.16 Å². The van der Waals surface area contributed by atoms with Crippen molar-refractivity contribution in [2.24, 2.45) is 0 Å². The summed E-state index contributed by atoms with van der Waals surface area (Å²) < 4.78 is 21.5. The van der Waals surface area contributed by atoms with Gasteiger partial charge in [0.25, 0.3) is 0 Å². The van der Waals surface area contributed by atoms with E-state index in [0.717, 1.165) is 66.7 Å². The van der Waals surface area contributed by atoms with Gasteiger partial charge < -0.3 is 4.74 Å². The first-order valence-electron chi connectivity index (χ1n) is 13.2. The van der Waals surface area contributed by atoms with Crippen LogP contribution in [0.25, 0.3) is 44.8 Å². The van der Waals surface area contributed by atoms with Crippen molar-refractivity contribution in [3.63, 3.8) is 0 Å². The fourth-order valence-corrected chi connectivity index (χ4v) is 6.00. The van der Waals surface area contributed by atoms with Crippen LogP contribution in [0, 0.1) is 12.7 Å². The van der Waals surface area contributed by atoms with Crippen LogP contribution in [0.3, 0.4) is 0 Å². The van der Waals surface area contributed by atoms with Crippen LogP contribution in [-0.2, 0) is 13.0 Å². The lowest BCUT2D eigenvalue weighted by Gasteiger charge is -2.19. The van der Waals surface area contributed by atoms with Crippen molar-refractivity contribution in [3.05, 3.63) is 113 Å². The summed E-state index contributed by atoms with van der Waals surface area (Å²) in [6, 6.07) is 17.4. The third-order valence-corrected chi connectivity index (χ3v) is 8.01. The van der Waals surface area contributed by atoms with Crippen LogP contribution < -0.4 is 4.74 Å². The molecule has 0 amide bonds. The third-order valence-electron chi connectivity index (χ3n) is 7.46. The highest BCUT2D eigenvalue weighted by Crippen LogP contribution is 2.51. The van der Waals surface area contributed by atoms with E-state index < -0.39 is 0 Å². The number of ether oxygens (including phenoxy) is 1. The summed E-state index contributed by atoms with van der Waals surface area (Å²) in [5.74, 6) is 0.283. The molecule has 6 rings (SSSR count). The maximum atomic E-state index is 15.2. The summed E-state index contributed by atoms with van der Waals surface area (Å²) in [4.78, 5) is 14.5. The highest BCUT2D eigenvalue weighted by Gasteiger charge is 2.33. The number of aromatic nitrogens is 3. The third kappa shape index (κ3) is 4.11. The van der Waals surface area contributed by atoms with Crippen molar-refractivity contribution in [2.45, 2.75) is 32.0 Å². The number of hydrogen-bond acceptors (Lipinski definition) is 5. The van der Waals surface area contributed by atoms with E-state index in [-0.39, 0.29) is 5.82 Å². The van der Waals surface area contributed by atoms with Crippen molar-refractivity contribution in [1.29, 1.82) is 0 Å². The van der Waals surface area contributed by atoms with Gasteiger partial charge in [-0.1, -0.05) is 80.4 Å². The van der Waals surface area contributed by atoms with E-state index in [2.05, 4.69) is 19.2 Å². The molecule has 0 saturated heterocycles. The Labute approximate surface area is 237 Å². The number of hydrogen-bond donors (Lipinski definition) is 0. The van der Waals surface area contributed by atoms with Crippen LogP contribution in [0.2, 0.25) is 0 Å². The molecule has 0 radical (unpaired) electrons. The zero-order valence-electron chi connectivity index (χ0n) is 22.7. The van der Waals surface area contributed by atoms with Crippen molar-refractivity contribution < 1.29 is 9.13 Å². The maximum Gasteiger partial charge on any atom is 0.226 e. The molecule has 0 N–H and O–H groups in total. The summed E-state index contributed by atoms with van der Waals surface area (Å²) in [5.41, 5.74) is 9.29. The molecule has 6 heteroatoms. The second-order valence-corrected chi connectivity index (χ2v) is 10.5. The number of rotatable bonds is 7. The van der Waals surface area contributed by atoms with E-state index in [9.17, 15) is 0 Å². The summed E-state index contributed by atoms with van der Waals surface area (Å²) >= 11 is 1.45. The SMILES string of the molecule is C=Cc1c(C)cc2ccc(F)c(CC)c2c1-c1nccc2c1C(=C)c1nc(SC)nc(OCc3ccccc3)c1-2. The minimum Gasteiger partial charge on any atom is -0.472 e. The summed E-state index contributed by atoms with van der Waals surface area (Å²) in [7, 11) is 0. The lowest BCUT2D eigenvalue weighted by Crippen LogP contribution is -2.02. The number of pyridine rings is 1. The van der Waals surface area contributed by atoms with Gasteiger partial charge in [0.2, 0.25) is 5.88 Å². The van der Waals surface area contributed by atoms with Gasteiger partial charge in [0.1, 0.15) is 12.4 Å². The predicted molar refractivity (Wildman–Crippen MR) is 163 cm³/mol. The second-order valence-electron chi connectivity index (χ2n) is 9.74. The molecule has 2 aromatic heterocycles. The topological polar surface area (TPSA) is 47.9 Å². The first-order valence-corrected chi connectivity index (χ1v) is 14.4. The average molecular weight is 546 g/mol. The molecule has 198 valence electrons. The summed E-state index contributed by atoms with van der Waals surface area (Å²) in [6.07, 6.45) is 6.11. The van der Waals surface area contributed by atoms with Gasteiger partial charge in [-0.3, -0.25) is 4.98 Å². The van der Waals surface area contributed by atoms with E-state index in [1.165, 1.54) is 11.8 Å². The second kappa shape index (κ2) is 10.4.